The van der Waals surface area contributed by atoms with Crippen LogP contribution in [0.25, 0.3) is 0 Å². The molecule has 0 aliphatic rings. The Hall–Kier alpha value is -2.75. The number of aryl methyl sites for hydroxylation is 1. The summed E-state index contributed by atoms with van der Waals surface area (Å²) in [4.78, 5) is 4.38. The molecule has 0 fully saturated rings. The number of benzene rings is 2. The smallest absolute Gasteiger partial charge is 0.243 e. The van der Waals surface area contributed by atoms with Crippen molar-refractivity contribution in [2.45, 2.75) is 49.2 Å². The highest BCUT2D eigenvalue weighted by molar-refractivity contribution is 7.90. The van der Waals surface area contributed by atoms with Crippen LogP contribution in [0.15, 0.2) is 83.5 Å². The molecule has 3 aromatic rings. The van der Waals surface area contributed by atoms with Crippen molar-refractivity contribution in [1.29, 1.82) is 0 Å². The van der Waals surface area contributed by atoms with E-state index in [1.807, 2.05) is 32.9 Å². The molecule has 0 unspecified atom stereocenters. The van der Waals surface area contributed by atoms with Gasteiger partial charge in [0.25, 0.3) is 0 Å². The van der Waals surface area contributed by atoms with Crippen LogP contribution in [0.3, 0.4) is 0 Å². The van der Waals surface area contributed by atoms with Crippen molar-refractivity contribution in [3.63, 3.8) is 0 Å². The van der Waals surface area contributed by atoms with Crippen LogP contribution in [-0.4, -0.2) is 37.2 Å². The Morgan fingerprint density at radius 3 is 2.24 bits per heavy atom. The molecule has 1 heterocycles. The predicted molar refractivity (Wildman–Crippen MR) is 129 cm³/mol. The molecule has 0 aliphatic carbocycles. The maximum absolute atomic E-state index is 13.2. The van der Waals surface area contributed by atoms with Gasteiger partial charge in [-0.3, -0.25) is 0 Å². The molecular formula is C24H29N3O4S2. The first-order chi connectivity index (χ1) is 15.6. The molecule has 2 aromatic carbocycles. The molecular weight excluding hydrogens is 458 g/mol. The van der Waals surface area contributed by atoms with E-state index in [-0.39, 0.29) is 34.9 Å². The normalized spacial score (nSPS) is 12.4. The second-order valence-corrected chi connectivity index (χ2v) is 12.0. The minimum atomic E-state index is -3.81. The fourth-order valence-corrected chi connectivity index (χ4v) is 6.56. The summed E-state index contributed by atoms with van der Waals surface area (Å²) in [7, 11) is -7.56. The highest BCUT2D eigenvalue weighted by Gasteiger charge is 2.29. The van der Waals surface area contributed by atoms with E-state index in [1.54, 1.807) is 34.9 Å². The van der Waals surface area contributed by atoms with Crippen molar-refractivity contribution in [3.05, 3.63) is 90.3 Å². The van der Waals surface area contributed by atoms with Gasteiger partial charge in [0.2, 0.25) is 25.0 Å². The lowest BCUT2D eigenvalue weighted by Gasteiger charge is -2.23. The van der Waals surface area contributed by atoms with Crippen LogP contribution in [0.1, 0.15) is 36.7 Å². The largest absolute Gasteiger partial charge is 0.315 e. The molecule has 0 saturated carbocycles. The second-order valence-electron chi connectivity index (χ2n) is 8.14. The highest BCUT2D eigenvalue weighted by atomic mass is 32.2. The third-order valence-corrected chi connectivity index (χ3v) is 8.56. The molecule has 1 aromatic heterocycles. The Morgan fingerprint density at radius 1 is 1.03 bits per heavy atom. The molecule has 0 aliphatic heterocycles. The van der Waals surface area contributed by atoms with Gasteiger partial charge in [0.05, 0.1) is 29.1 Å². The molecule has 7 nitrogen and oxygen atoms in total. The zero-order valence-electron chi connectivity index (χ0n) is 19.0. The van der Waals surface area contributed by atoms with Crippen LogP contribution < -0.4 is 0 Å². The van der Waals surface area contributed by atoms with Gasteiger partial charge in [0.15, 0.2) is 0 Å². The van der Waals surface area contributed by atoms with E-state index in [9.17, 15) is 16.8 Å². The van der Waals surface area contributed by atoms with Crippen molar-refractivity contribution < 1.29 is 16.8 Å². The molecule has 0 bridgehead atoms. The summed E-state index contributed by atoms with van der Waals surface area (Å²) in [5.41, 5.74) is 2.21. The summed E-state index contributed by atoms with van der Waals surface area (Å²) in [6.07, 6.45) is 2.95. The maximum Gasteiger partial charge on any atom is 0.243 e. The van der Waals surface area contributed by atoms with Gasteiger partial charge < -0.3 is 4.57 Å². The lowest BCUT2D eigenvalue weighted by molar-refractivity contribution is 0.410. The second kappa shape index (κ2) is 10.0. The SMILES string of the molecule is C=CCN(Cc1cnc(S(=O)(=O)Cc2ccc(C)cc2)n1C(C)C)S(=O)(=O)c1ccccc1. The van der Waals surface area contributed by atoms with Crippen LogP contribution >= 0.6 is 0 Å². The minimum absolute atomic E-state index is 0.0333. The Labute approximate surface area is 196 Å². The van der Waals surface area contributed by atoms with Crippen LogP contribution in [0, 0.1) is 6.92 Å². The molecule has 176 valence electrons. The topological polar surface area (TPSA) is 89.3 Å². The summed E-state index contributed by atoms with van der Waals surface area (Å²) < 4.78 is 55.7. The summed E-state index contributed by atoms with van der Waals surface area (Å²) in [6, 6.07) is 15.2. The van der Waals surface area contributed by atoms with E-state index in [4.69, 9.17) is 0 Å². The molecule has 3 rings (SSSR count). The van der Waals surface area contributed by atoms with Crippen LogP contribution in [0.2, 0.25) is 0 Å². The third kappa shape index (κ3) is 5.61. The Kier molecular flexibility index (Phi) is 7.56. The van der Waals surface area contributed by atoms with Crippen LogP contribution in [0.5, 0.6) is 0 Å². The van der Waals surface area contributed by atoms with E-state index in [2.05, 4.69) is 11.6 Å². The van der Waals surface area contributed by atoms with Crippen molar-refractivity contribution >= 4 is 19.9 Å². The molecule has 0 N–H and O–H groups in total. The predicted octanol–water partition coefficient (Wildman–Crippen LogP) is 4.12. The molecule has 0 radical (unpaired) electrons. The zero-order chi connectivity index (χ0) is 24.2. The summed E-state index contributed by atoms with van der Waals surface area (Å²) in [5, 5.41) is -0.0660. The lowest BCUT2D eigenvalue weighted by atomic mass is 10.2. The average Bonchev–Trinajstić information content (AvgIpc) is 3.21. The molecule has 33 heavy (non-hydrogen) atoms. The van der Waals surface area contributed by atoms with Gasteiger partial charge >= 0.3 is 0 Å². The van der Waals surface area contributed by atoms with Crippen molar-refractivity contribution in [1.82, 2.24) is 13.9 Å². The van der Waals surface area contributed by atoms with Crippen molar-refractivity contribution in [3.8, 4) is 0 Å². The number of sulfone groups is 1. The van der Waals surface area contributed by atoms with Crippen LogP contribution in [0.4, 0.5) is 0 Å². The number of nitrogens with zero attached hydrogens (tertiary/aromatic N) is 3. The third-order valence-electron chi connectivity index (χ3n) is 5.16. The van der Waals surface area contributed by atoms with E-state index >= 15 is 0 Å². The van der Waals surface area contributed by atoms with Gasteiger partial charge in [-0.25, -0.2) is 21.8 Å². The molecule has 0 spiro atoms. The molecule has 0 saturated heterocycles. The monoisotopic (exact) mass is 487 g/mol. The number of imidazole rings is 1. The first-order valence-electron chi connectivity index (χ1n) is 10.6. The zero-order valence-corrected chi connectivity index (χ0v) is 20.7. The first kappa shape index (κ1) is 24.9. The first-order valence-corrected chi connectivity index (χ1v) is 13.7. The van der Waals surface area contributed by atoms with Gasteiger partial charge in [0.1, 0.15) is 0 Å². The summed E-state index contributed by atoms with van der Waals surface area (Å²) in [5.74, 6) is -0.185. The van der Waals surface area contributed by atoms with Crippen molar-refractivity contribution in [2.75, 3.05) is 6.54 Å². The Morgan fingerprint density at radius 2 is 1.67 bits per heavy atom. The van der Waals surface area contributed by atoms with Gasteiger partial charge in [-0.15, -0.1) is 6.58 Å². The minimum Gasteiger partial charge on any atom is -0.315 e. The summed E-state index contributed by atoms with van der Waals surface area (Å²) in [6.45, 7) is 9.35. The maximum atomic E-state index is 13.2. The molecule has 0 amide bonds. The number of hydrogen-bond donors (Lipinski definition) is 0. The fraction of sp³-hybridized carbons (Fsp3) is 0.292. The van der Waals surface area contributed by atoms with Gasteiger partial charge in [-0.05, 0) is 38.5 Å². The number of aromatic nitrogens is 2. The average molecular weight is 488 g/mol. The van der Waals surface area contributed by atoms with E-state index < -0.39 is 19.9 Å². The lowest BCUT2D eigenvalue weighted by Crippen LogP contribution is -2.32. The standard InChI is InChI=1S/C24H29N3O4S2/c1-5-15-26(33(30,31)23-9-7-6-8-10-23)17-22-16-25-24(27(22)19(2)3)32(28,29)18-21-13-11-20(4)12-14-21/h5-14,16,19H,1,15,17-18H2,2-4H3. The van der Waals surface area contributed by atoms with Gasteiger partial charge in [0, 0.05) is 12.6 Å². The van der Waals surface area contributed by atoms with Crippen molar-refractivity contribution in [2.24, 2.45) is 0 Å². The Bertz CT molecular complexity index is 1310. The number of rotatable bonds is 10. The summed E-state index contributed by atoms with van der Waals surface area (Å²) >= 11 is 0. The highest BCUT2D eigenvalue weighted by Crippen LogP contribution is 2.25. The molecule has 0 atom stereocenters. The Balaban J connectivity index is 1.98. The van der Waals surface area contributed by atoms with E-state index in [0.717, 1.165) is 5.56 Å². The van der Waals surface area contributed by atoms with E-state index in [0.29, 0.717) is 11.3 Å². The molecule has 9 heteroatoms. The van der Waals surface area contributed by atoms with E-state index in [1.165, 1.54) is 28.7 Å². The van der Waals surface area contributed by atoms with Crippen LogP contribution in [-0.2, 0) is 32.2 Å². The van der Waals surface area contributed by atoms with Gasteiger partial charge in [-0.1, -0.05) is 54.1 Å². The quantitative estimate of drug-likeness (QED) is 0.401. The fourth-order valence-electron chi connectivity index (χ4n) is 3.56. The number of hydrogen-bond acceptors (Lipinski definition) is 5. The van der Waals surface area contributed by atoms with Gasteiger partial charge in [-0.2, -0.15) is 4.31 Å². The number of sulfonamides is 1.